The van der Waals surface area contributed by atoms with Gasteiger partial charge in [-0.1, -0.05) is 25.0 Å². The summed E-state index contributed by atoms with van der Waals surface area (Å²) in [7, 11) is 0. The fraction of sp³-hybridized carbons (Fsp3) is 0.533. The molecule has 0 radical (unpaired) electrons. The first kappa shape index (κ1) is 12.1. The molecular formula is C15H18O2S. The molecule has 0 atom stereocenters. The summed E-state index contributed by atoms with van der Waals surface area (Å²) in [6.45, 7) is 0.718. The van der Waals surface area contributed by atoms with E-state index in [0.29, 0.717) is 11.0 Å². The third kappa shape index (κ3) is 2.41. The normalized spacial score (nSPS) is 18.7. The highest BCUT2D eigenvalue weighted by atomic mass is 32.2. The molecule has 1 heterocycles. The van der Waals surface area contributed by atoms with Gasteiger partial charge in [0.2, 0.25) is 0 Å². The van der Waals surface area contributed by atoms with E-state index in [4.69, 9.17) is 4.74 Å². The van der Waals surface area contributed by atoms with Crippen LogP contribution in [0.3, 0.4) is 0 Å². The number of carbonyl (C=O) groups excluding carboxylic acids is 1. The second-order valence-electron chi connectivity index (χ2n) is 5.03. The van der Waals surface area contributed by atoms with Gasteiger partial charge in [0.25, 0.3) is 0 Å². The summed E-state index contributed by atoms with van der Waals surface area (Å²) in [6.07, 6.45) is 6.15. The minimum Gasteiger partial charge on any atom is -0.492 e. The first-order chi connectivity index (χ1) is 8.84. The molecule has 18 heavy (non-hydrogen) atoms. The predicted molar refractivity (Wildman–Crippen MR) is 74.7 cm³/mol. The predicted octanol–water partition coefficient (Wildman–Crippen LogP) is 3.48. The van der Waals surface area contributed by atoms with Gasteiger partial charge in [-0.05, 0) is 24.5 Å². The fourth-order valence-electron chi connectivity index (χ4n) is 2.76. The zero-order valence-electron chi connectivity index (χ0n) is 10.5. The lowest BCUT2D eigenvalue weighted by atomic mass is 10.1. The summed E-state index contributed by atoms with van der Waals surface area (Å²) in [6, 6.07) is 5.94. The molecule has 1 aliphatic heterocycles. The van der Waals surface area contributed by atoms with E-state index in [1.165, 1.54) is 31.2 Å². The second kappa shape index (κ2) is 5.35. The molecule has 0 aromatic heterocycles. The van der Waals surface area contributed by atoms with Crippen LogP contribution in [0.15, 0.2) is 18.2 Å². The third-order valence-electron chi connectivity index (χ3n) is 3.77. The molecule has 0 amide bonds. The van der Waals surface area contributed by atoms with E-state index in [1.807, 2.05) is 23.9 Å². The van der Waals surface area contributed by atoms with Crippen molar-refractivity contribution in [3.63, 3.8) is 0 Å². The number of hydrogen-bond acceptors (Lipinski definition) is 3. The number of benzene rings is 1. The Kier molecular flexibility index (Phi) is 3.59. The molecule has 1 aliphatic carbocycles. The van der Waals surface area contributed by atoms with Gasteiger partial charge >= 0.3 is 0 Å². The van der Waals surface area contributed by atoms with Gasteiger partial charge in [0.1, 0.15) is 5.75 Å². The van der Waals surface area contributed by atoms with Gasteiger partial charge in [-0.3, -0.25) is 4.79 Å². The van der Waals surface area contributed by atoms with E-state index >= 15 is 0 Å². The maximum atomic E-state index is 12.3. The van der Waals surface area contributed by atoms with Gasteiger partial charge in [-0.2, -0.15) is 11.8 Å². The quantitative estimate of drug-likeness (QED) is 0.777. The van der Waals surface area contributed by atoms with E-state index in [-0.39, 0.29) is 5.78 Å². The van der Waals surface area contributed by atoms with Crippen LogP contribution in [0.4, 0.5) is 0 Å². The third-order valence-corrected chi connectivity index (χ3v) is 5.14. The molecule has 1 fully saturated rings. The average Bonchev–Trinajstić information content (AvgIpc) is 3.05. The Bertz CT molecular complexity index is 450. The zero-order chi connectivity index (χ0) is 12.4. The lowest BCUT2D eigenvalue weighted by Gasteiger charge is -2.10. The van der Waals surface area contributed by atoms with Crippen molar-refractivity contribution in [3.05, 3.63) is 29.3 Å². The smallest absolute Gasteiger partial charge is 0.176 e. The molecule has 1 aromatic rings. The van der Waals surface area contributed by atoms with Gasteiger partial charge < -0.3 is 4.74 Å². The SMILES string of the molecule is O=C(CSC1CCCC1)c1cccc2c1OCC2. The van der Waals surface area contributed by atoms with Crippen molar-refractivity contribution in [2.75, 3.05) is 12.4 Å². The Balaban J connectivity index is 1.67. The summed E-state index contributed by atoms with van der Waals surface area (Å²) >= 11 is 1.83. The molecule has 3 heteroatoms. The van der Waals surface area contributed by atoms with E-state index < -0.39 is 0 Å². The van der Waals surface area contributed by atoms with Gasteiger partial charge in [-0.15, -0.1) is 0 Å². The van der Waals surface area contributed by atoms with Crippen LogP contribution >= 0.6 is 11.8 Å². The van der Waals surface area contributed by atoms with Crippen LogP contribution in [0.25, 0.3) is 0 Å². The Labute approximate surface area is 112 Å². The number of hydrogen-bond donors (Lipinski definition) is 0. The van der Waals surface area contributed by atoms with Crippen LogP contribution in [-0.4, -0.2) is 23.4 Å². The summed E-state index contributed by atoms with van der Waals surface area (Å²) in [5.41, 5.74) is 1.97. The van der Waals surface area contributed by atoms with E-state index in [0.717, 1.165) is 24.3 Å². The lowest BCUT2D eigenvalue weighted by molar-refractivity contribution is 0.101. The highest BCUT2D eigenvalue weighted by molar-refractivity contribution is 8.00. The molecule has 96 valence electrons. The molecule has 0 saturated heterocycles. The molecule has 1 saturated carbocycles. The number of fused-ring (bicyclic) bond motifs is 1. The first-order valence-corrected chi connectivity index (χ1v) is 7.79. The Hall–Kier alpha value is -0.960. The van der Waals surface area contributed by atoms with Crippen molar-refractivity contribution in [1.29, 1.82) is 0 Å². The molecule has 0 unspecified atom stereocenters. The number of rotatable bonds is 4. The fourth-order valence-corrected chi connectivity index (χ4v) is 3.97. The number of Topliss-reactive ketones (excluding diaryl/α,β-unsaturated/α-hetero) is 1. The molecule has 0 bridgehead atoms. The summed E-state index contributed by atoms with van der Waals surface area (Å²) in [5.74, 6) is 1.67. The average molecular weight is 262 g/mol. The zero-order valence-corrected chi connectivity index (χ0v) is 11.3. The highest BCUT2D eigenvalue weighted by Crippen LogP contribution is 2.33. The van der Waals surface area contributed by atoms with Crippen LogP contribution in [0.1, 0.15) is 41.6 Å². The van der Waals surface area contributed by atoms with Crippen LogP contribution in [0.5, 0.6) is 5.75 Å². The minimum atomic E-state index is 0.227. The van der Waals surface area contributed by atoms with Crippen molar-refractivity contribution in [3.8, 4) is 5.75 Å². The molecule has 0 spiro atoms. The number of carbonyl (C=O) groups is 1. The van der Waals surface area contributed by atoms with Gasteiger partial charge in [-0.25, -0.2) is 0 Å². The number of para-hydroxylation sites is 1. The maximum Gasteiger partial charge on any atom is 0.176 e. The molecule has 1 aromatic carbocycles. The summed E-state index contributed by atoms with van der Waals surface area (Å²) in [4.78, 5) is 12.3. The monoisotopic (exact) mass is 262 g/mol. The molecule has 0 N–H and O–H groups in total. The van der Waals surface area contributed by atoms with Crippen molar-refractivity contribution in [1.82, 2.24) is 0 Å². The van der Waals surface area contributed by atoms with Crippen LogP contribution in [-0.2, 0) is 6.42 Å². The lowest BCUT2D eigenvalue weighted by Crippen LogP contribution is -2.08. The van der Waals surface area contributed by atoms with E-state index in [1.54, 1.807) is 0 Å². The van der Waals surface area contributed by atoms with Crippen molar-refractivity contribution in [2.45, 2.75) is 37.4 Å². The molecule has 2 aliphatic rings. The van der Waals surface area contributed by atoms with Crippen molar-refractivity contribution in [2.24, 2.45) is 0 Å². The Morgan fingerprint density at radius 3 is 3.00 bits per heavy atom. The first-order valence-electron chi connectivity index (χ1n) is 6.74. The molecule has 2 nitrogen and oxygen atoms in total. The largest absolute Gasteiger partial charge is 0.492 e. The van der Waals surface area contributed by atoms with Crippen molar-refractivity contribution >= 4 is 17.5 Å². The van der Waals surface area contributed by atoms with Gasteiger partial charge in [0.05, 0.1) is 17.9 Å². The minimum absolute atomic E-state index is 0.227. The standard InChI is InChI=1S/C15H18O2S/c16-14(10-18-12-5-1-2-6-12)13-7-3-4-11-8-9-17-15(11)13/h3-4,7,12H,1-2,5-6,8-10H2. The summed E-state index contributed by atoms with van der Waals surface area (Å²) in [5, 5.41) is 0.701. The molecular weight excluding hydrogens is 244 g/mol. The van der Waals surface area contributed by atoms with Crippen LogP contribution < -0.4 is 4.74 Å². The van der Waals surface area contributed by atoms with Crippen LogP contribution in [0, 0.1) is 0 Å². The topological polar surface area (TPSA) is 26.3 Å². The van der Waals surface area contributed by atoms with Gasteiger partial charge in [0.15, 0.2) is 5.78 Å². The van der Waals surface area contributed by atoms with Crippen molar-refractivity contribution < 1.29 is 9.53 Å². The van der Waals surface area contributed by atoms with E-state index in [9.17, 15) is 4.79 Å². The van der Waals surface area contributed by atoms with Gasteiger partial charge in [0, 0.05) is 11.7 Å². The number of ketones is 1. The summed E-state index contributed by atoms with van der Waals surface area (Å²) < 4.78 is 5.59. The maximum absolute atomic E-state index is 12.3. The Morgan fingerprint density at radius 2 is 2.17 bits per heavy atom. The molecule has 3 rings (SSSR count). The highest BCUT2D eigenvalue weighted by Gasteiger charge is 2.22. The number of thioether (sulfide) groups is 1. The van der Waals surface area contributed by atoms with Crippen LogP contribution in [0.2, 0.25) is 0 Å². The van der Waals surface area contributed by atoms with E-state index in [2.05, 4.69) is 6.07 Å². The second-order valence-corrected chi connectivity index (χ2v) is 6.32. The number of ether oxygens (including phenoxy) is 1. The Morgan fingerprint density at radius 1 is 1.33 bits per heavy atom.